The minimum absolute atomic E-state index is 0.221. The predicted octanol–water partition coefficient (Wildman–Crippen LogP) is 4.49. The van der Waals surface area contributed by atoms with Gasteiger partial charge in [-0.1, -0.05) is 23.7 Å². The molecule has 0 aliphatic carbocycles. The number of carbonyl (C=O) groups is 2. The van der Waals surface area contributed by atoms with Crippen molar-refractivity contribution in [3.63, 3.8) is 0 Å². The van der Waals surface area contributed by atoms with Gasteiger partial charge in [0, 0.05) is 0 Å². The molecule has 0 fully saturated rings. The van der Waals surface area contributed by atoms with Gasteiger partial charge in [-0.05, 0) is 73.2 Å². The molecular weight excluding hydrogens is 432 g/mol. The van der Waals surface area contributed by atoms with Crippen molar-refractivity contribution >= 4 is 29.7 Å². The van der Waals surface area contributed by atoms with Gasteiger partial charge >= 0.3 is 5.97 Å². The van der Waals surface area contributed by atoms with Gasteiger partial charge < -0.3 is 14.2 Å². The Kier molecular flexibility index (Phi) is 8.22. The van der Waals surface area contributed by atoms with E-state index in [9.17, 15) is 9.59 Å². The summed E-state index contributed by atoms with van der Waals surface area (Å²) in [4.78, 5) is 24.1. The van der Waals surface area contributed by atoms with Gasteiger partial charge in [-0.15, -0.1) is 0 Å². The number of halogens is 1. The molecule has 0 aromatic heterocycles. The second kappa shape index (κ2) is 11.5. The van der Waals surface area contributed by atoms with Gasteiger partial charge in [0.25, 0.3) is 5.91 Å². The van der Waals surface area contributed by atoms with Crippen molar-refractivity contribution in [1.82, 2.24) is 5.43 Å². The summed E-state index contributed by atoms with van der Waals surface area (Å²) in [6, 6.07) is 20.3. The van der Waals surface area contributed by atoms with Crippen LogP contribution in [-0.4, -0.2) is 31.3 Å². The van der Waals surface area contributed by atoms with E-state index in [4.69, 9.17) is 25.8 Å². The number of esters is 1. The fourth-order valence-electron chi connectivity index (χ4n) is 2.56. The van der Waals surface area contributed by atoms with Gasteiger partial charge in [-0.2, -0.15) is 5.10 Å². The Morgan fingerprint density at radius 2 is 1.62 bits per heavy atom. The van der Waals surface area contributed by atoms with E-state index in [1.165, 1.54) is 6.21 Å². The minimum atomic E-state index is -0.472. The SMILES string of the molecule is CCOc1ccc(C(=O)Oc2ccc(/C=N/NC(=O)COc3ccccc3Cl)cc2)cc1. The number of hydrogen-bond acceptors (Lipinski definition) is 6. The number of para-hydroxylation sites is 1. The van der Waals surface area contributed by atoms with Gasteiger partial charge in [0.1, 0.15) is 17.2 Å². The number of benzene rings is 3. The second-order valence-corrected chi connectivity index (χ2v) is 6.84. The fraction of sp³-hybridized carbons (Fsp3) is 0.125. The molecule has 0 heterocycles. The van der Waals surface area contributed by atoms with Crippen LogP contribution in [0.2, 0.25) is 5.02 Å². The largest absolute Gasteiger partial charge is 0.494 e. The van der Waals surface area contributed by atoms with Gasteiger partial charge in [0.15, 0.2) is 6.61 Å². The quantitative estimate of drug-likeness (QED) is 0.224. The zero-order chi connectivity index (χ0) is 22.8. The molecule has 164 valence electrons. The molecule has 32 heavy (non-hydrogen) atoms. The highest BCUT2D eigenvalue weighted by atomic mass is 35.5. The average molecular weight is 453 g/mol. The molecule has 3 rings (SSSR count). The third-order valence-electron chi connectivity index (χ3n) is 4.09. The fourth-order valence-corrected chi connectivity index (χ4v) is 2.75. The summed E-state index contributed by atoms with van der Waals surface area (Å²) in [6.07, 6.45) is 1.46. The third-order valence-corrected chi connectivity index (χ3v) is 4.40. The van der Waals surface area contributed by atoms with E-state index in [1.54, 1.807) is 72.8 Å². The minimum Gasteiger partial charge on any atom is -0.494 e. The maximum absolute atomic E-state index is 12.2. The Hall–Kier alpha value is -3.84. The predicted molar refractivity (Wildman–Crippen MR) is 122 cm³/mol. The highest BCUT2D eigenvalue weighted by Gasteiger charge is 2.09. The Morgan fingerprint density at radius 3 is 2.31 bits per heavy atom. The maximum atomic E-state index is 12.2. The molecular formula is C24H21ClN2O5. The lowest BCUT2D eigenvalue weighted by atomic mass is 10.2. The number of hydrazone groups is 1. The Bertz CT molecular complexity index is 1080. The molecule has 3 aromatic carbocycles. The summed E-state index contributed by atoms with van der Waals surface area (Å²) < 4.78 is 16.1. The van der Waals surface area contributed by atoms with Crippen LogP contribution in [0.3, 0.4) is 0 Å². The Morgan fingerprint density at radius 1 is 0.938 bits per heavy atom. The molecule has 0 aliphatic rings. The van der Waals surface area contributed by atoms with Crippen LogP contribution in [0, 0.1) is 0 Å². The molecule has 0 saturated heterocycles. The molecule has 1 N–H and O–H groups in total. The first-order valence-corrected chi connectivity index (χ1v) is 10.2. The summed E-state index contributed by atoms with van der Waals surface area (Å²) in [7, 11) is 0. The van der Waals surface area contributed by atoms with Crippen molar-refractivity contribution in [2.24, 2.45) is 5.10 Å². The first kappa shape index (κ1) is 22.8. The lowest BCUT2D eigenvalue weighted by Crippen LogP contribution is -2.24. The highest BCUT2D eigenvalue weighted by molar-refractivity contribution is 6.32. The van der Waals surface area contributed by atoms with Crippen molar-refractivity contribution in [3.8, 4) is 17.2 Å². The van der Waals surface area contributed by atoms with Crippen molar-refractivity contribution in [2.75, 3.05) is 13.2 Å². The van der Waals surface area contributed by atoms with Crippen molar-refractivity contribution in [1.29, 1.82) is 0 Å². The van der Waals surface area contributed by atoms with Crippen molar-refractivity contribution in [2.45, 2.75) is 6.92 Å². The zero-order valence-electron chi connectivity index (χ0n) is 17.3. The number of ether oxygens (including phenoxy) is 3. The van der Waals surface area contributed by atoms with E-state index in [2.05, 4.69) is 10.5 Å². The van der Waals surface area contributed by atoms with Gasteiger partial charge in [-0.3, -0.25) is 4.79 Å². The van der Waals surface area contributed by atoms with Crippen LogP contribution in [0.25, 0.3) is 0 Å². The molecule has 0 atom stereocenters. The van der Waals surface area contributed by atoms with Crippen LogP contribution in [0.1, 0.15) is 22.8 Å². The second-order valence-electron chi connectivity index (χ2n) is 6.43. The van der Waals surface area contributed by atoms with E-state index < -0.39 is 11.9 Å². The number of nitrogens with one attached hydrogen (secondary N) is 1. The third kappa shape index (κ3) is 6.85. The molecule has 0 radical (unpaired) electrons. The first-order chi connectivity index (χ1) is 15.5. The van der Waals surface area contributed by atoms with Gasteiger partial charge in [0.2, 0.25) is 0 Å². The summed E-state index contributed by atoms with van der Waals surface area (Å²) in [5.41, 5.74) is 3.49. The first-order valence-electron chi connectivity index (χ1n) is 9.79. The number of nitrogens with zero attached hydrogens (tertiary/aromatic N) is 1. The number of carbonyl (C=O) groups excluding carboxylic acids is 2. The van der Waals surface area contributed by atoms with Crippen molar-refractivity contribution < 1.29 is 23.8 Å². The summed E-state index contributed by atoms with van der Waals surface area (Å²) >= 11 is 5.97. The molecule has 0 saturated carbocycles. The van der Waals surface area contributed by atoms with E-state index in [0.717, 1.165) is 0 Å². The van der Waals surface area contributed by atoms with Crippen LogP contribution in [0.5, 0.6) is 17.2 Å². The van der Waals surface area contributed by atoms with E-state index in [-0.39, 0.29) is 6.61 Å². The summed E-state index contributed by atoms with van der Waals surface area (Å²) in [5.74, 6) is 0.597. The van der Waals surface area contributed by atoms with Crippen LogP contribution in [-0.2, 0) is 4.79 Å². The lowest BCUT2D eigenvalue weighted by molar-refractivity contribution is -0.123. The summed E-state index contributed by atoms with van der Waals surface area (Å²) in [6.45, 7) is 2.22. The highest BCUT2D eigenvalue weighted by Crippen LogP contribution is 2.22. The standard InChI is InChI=1S/C24H21ClN2O5/c1-2-30-19-13-9-18(10-14-19)24(29)32-20-11-7-17(8-12-20)15-26-27-23(28)16-31-22-6-4-3-5-21(22)25/h3-15H,2,16H2,1H3,(H,27,28)/b26-15+. The van der Waals surface area contributed by atoms with Crippen LogP contribution in [0.4, 0.5) is 0 Å². The van der Waals surface area contributed by atoms with Crippen LogP contribution < -0.4 is 19.6 Å². The maximum Gasteiger partial charge on any atom is 0.343 e. The monoisotopic (exact) mass is 452 g/mol. The number of amides is 1. The molecule has 0 unspecified atom stereocenters. The Labute approximate surface area is 190 Å². The smallest absolute Gasteiger partial charge is 0.343 e. The Balaban J connectivity index is 1.46. The molecule has 8 heteroatoms. The van der Waals surface area contributed by atoms with E-state index in [0.29, 0.717) is 40.0 Å². The number of hydrogen-bond donors (Lipinski definition) is 1. The topological polar surface area (TPSA) is 86.2 Å². The van der Waals surface area contributed by atoms with Gasteiger partial charge in [-0.25, -0.2) is 10.2 Å². The molecule has 3 aromatic rings. The van der Waals surface area contributed by atoms with Gasteiger partial charge in [0.05, 0.1) is 23.4 Å². The normalized spacial score (nSPS) is 10.6. The lowest BCUT2D eigenvalue weighted by Gasteiger charge is -2.07. The van der Waals surface area contributed by atoms with Crippen molar-refractivity contribution in [3.05, 3.63) is 88.9 Å². The van der Waals surface area contributed by atoms with Crippen LogP contribution >= 0.6 is 11.6 Å². The molecule has 7 nitrogen and oxygen atoms in total. The molecule has 0 aliphatic heterocycles. The average Bonchev–Trinajstić information content (AvgIpc) is 2.80. The molecule has 0 spiro atoms. The molecule has 1 amide bonds. The molecule has 0 bridgehead atoms. The van der Waals surface area contributed by atoms with E-state index >= 15 is 0 Å². The number of rotatable bonds is 9. The zero-order valence-corrected chi connectivity index (χ0v) is 18.0. The van der Waals surface area contributed by atoms with E-state index in [1.807, 2.05) is 6.92 Å². The summed E-state index contributed by atoms with van der Waals surface area (Å²) in [5, 5.41) is 4.30. The van der Waals surface area contributed by atoms with Crippen LogP contribution in [0.15, 0.2) is 77.9 Å².